The maximum absolute atomic E-state index is 13.1. The van der Waals surface area contributed by atoms with E-state index in [9.17, 15) is 4.39 Å². The summed E-state index contributed by atoms with van der Waals surface area (Å²) in [5, 5.41) is 3.41. The highest BCUT2D eigenvalue weighted by molar-refractivity contribution is 14.0. The van der Waals surface area contributed by atoms with Crippen molar-refractivity contribution in [1.29, 1.82) is 0 Å². The van der Waals surface area contributed by atoms with Crippen molar-refractivity contribution in [2.24, 2.45) is 4.99 Å². The molecule has 0 spiro atoms. The van der Waals surface area contributed by atoms with Gasteiger partial charge < -0.3 is 24.4 Å². The first-order valence-corrected chi connectivity index (χ1v) is 10.3. The standard InChI is InChI=1S/C22H27FN4O3.HI/c1-24-22(27-10-12-29-20(15-27)19-3-2-11-28-19)26-14-16-8-9-25-21(13-16)30-18-6-4-17(23)5-7-18;/h4-9,13,19-20H,2-3,10-12,14-15H2,1H3,(H,24,26);1H. The summed E-state index contributed by atoms with van der Waals surface area (Å²) in [4.78, 5) is 10.9. The number of aliphatic imine (C=N–C) groups is 1. The Morgan fingerprint density at radius 2 is 2.03 bits per heavy atom. The minimum atomic E-state index is -0.301. The molecule has 2 aliphatic rings. The van der Waals surface area contributed by atoms with Crippen LogP contribution >= 0.6 is 24.0 Å². The van der Waals surface area contributed by atoms with Gasteiger partial charge in [0.25, 0.3) is 0 Å². The Morgan fingerprint density at radius 3 is 2.77 bits per heavy atom. The molecular weight excluding hydrogens is 514 g/mol. The fourth-order valence-corrected chi connectivity index (χ4v) is 3.74. The summed E-state index contributed by atoms with van der Waals surface area (Å²) in [6.45, 7) is 3.62. The molecule has 2 saturated heterocycles. The van der Waals surface area contributed by atoms with Crippen LogP contribution in [0.4, 0.5) is 4.39 Å². The molecule has 2 fully saturated rings. The van der Waals surface area contributed by atoms with Gasteiger partial charge in [0.1, 0.15) is 17.7 Å². The number of hydrogen-bond acceptors (Lipinski definition) is 5. The van der Waals surface area contributed by atoms with Crippen molar-refractivity contribution >= 4 is 29.9 Å². The lowest BCUT2D eigenvalue weighted by Gasteiger charge is -2.37. The third kappa shape index (κ3) is 6.50. The van der Waals surface area contributed by atoms with Crippen LogP contribution in [0.5, 0.6) is 11.6 Å². The first-order valence-electron chi connectivity index (χ1n) is 10.3. The van der Waals surface area contributed by atoms with Crippen molar-refractivity contribution in [3.8, 4) is 11.6 Å². The number of nitrogens with one attached hydrogen (secondary N) is 1. The molecule has 0 saturated carbocycles. The molecule has 2 atom stereocenters. The van der Waals surface area contributed by atoms with Gasteiger partial charge in [0, 0.05) is 45.6 Å². The molecule has 3 heterocycles. The summed E-state index contributed by atoms with van der Waals surface area (Å²) in [6, 6.07) is 9.65. The lowest BCUT2D eigenvalue weighted by molar-refractivity contribution is -0.0817. The van der Waals surface area contributed by atoms with E-state index in [2.05, 4.69) is 20.2 Å². The Kier molecular flexibility index (Phi) is 8.85. The molecule has 0 radical (unpaired) electrons. The van der Waals surface area contributed by atoms with Crippen LogP contribution in [0, 0.1) is 5.82 Å². The van der Waals surface area contributed by atoms with Gasteiger partial charge in [0.15, 0.2) is 5.96 Å². The predicted octanol–water partition coefficient (Wildman–Crippen LogP) is 3.59. The number of benzene rings is 1. The molecule has 0 aliphatic carbocycles. The fraction of sp³-hybridized carbons (Fsp3) is 0.455. The van der Waals surface area contributed by atoms with E-state index in [0.29, 0.717) is 24.8 Å². The highest BCUT2D eigenvalue weighted by Gasteiger charge is 2.32. The molecule has 2 unspecified atom stereocenters. The average Bonchev–Trinajstić information content (AvgIpc) is 3.31. The number of halogens is 2. The Bertz CT molecular complexity index is 862. The van der Waals surface area contributed by atoms with Crippen molar-refractivity contribution in [3.05, 3.63) is 54.0 Å². The third-order valence-electron chi connectivity index (χ3n) is 5.27. The van der Waals surface area contributed by atoms with Gasteiger partial charge >= 0.3 is 0 Å². The Labute approximate surface area is 199 Å². The first kappa shape index (κ1) is 23.7. The Hall–Kier alpha value is -1.98. The summed E-state index contributed by atoms with van der Waals surface area (Å²) >= 11 is 0. The lowest BCUT2D eigenvalue weighted by Crippen LogP contribution is -2.53. The monoisotopic (exact) mass is 542 g/mol. The highest BCUT2D eigenvalue weighted by atomic mass is 127. The summed E-state index contributed by atoms with van der Waals surface area (Å²) in [6.07, 6.45) is 4.11. The van der Waals surface area contributed by atoms with E-state index in [4.69, 9.17) is 14.2 Å². The Morgan fingerprint density at radius 1 is 1.23 bits per heavy atom. The van der Waals surface area contributed by atoms with E-state index >= 15 is 0 Å². The molecule has 9 heteroatoms. The number of morpholine rings is 1. The number of nitrogens with zero attached hydrogens (tertiary/aromatic N) is 3. The topological polar surface area (TPSA) is 68.2 Å². The number of guanidine groups is 1. The normalized spacial score (nSPS) is 21.5. The van der Waals surface area contributed by atoms with Gasteiger partial charge in [-0.15, -0.1) is 24.0 Å². The Balaban J connectivity index is 0.00000272. The third-order valence-corrected chi connectivity index (χ3v) is 5.27. The van der Waals surface area contributed by atoms with E-state index in [-0.39, 0.29) is 42.0 Å². The molecule has 4 rings (SSSR count). The lowest BCUT2D eigenvalue weighted by atomic mass is 10.1. The van der Waals surface area contributed by atoms with Crippen LogP contribution < -0.4 is 10.1 Å². The van der Waals surface area contributed by atoms with Crippen molar-refractivity contribution in [2.45, 2.75) is 31.6 Å². The molecule has 0 amide bonds. The zero-order valence-electron chi connectivity index (χ0n) is 17.5. The van der Waals surface area contributed by atoms with E-state index in [1.165, 1.54) is 12.1 Å². The fourth-order valence-electron chi connectivity index (χ4n) is 3.74. The van der Waals surface area contributed by atoms with E-state index in [1.807, 2.05) is 12.1 Å². The van der Waals surface area contributed by atoms with Crippen LogP contribution in [0.15, 0.2) is 47.6 Å². The van der Waals surface area contributed by atoms with Crippen molar-refractivity contribution in [3.63, 3.8) is 0 Å². The zero-order chi connectivity index (χ0) is 20.8. The highest BCUT2D eigenvalue weighted by Crippen LogP contribution is 2.22. The van der Waals surface area contributed by atoms with Crippen molar-refractivity contribution in [2.75, 3.05) is 33.4 Å². The first-order chi connectivity index (χ1) is 14.7. The second-order valence-electron chi connectivity index (χ2n) is 7.37. The maximum Gasteiger partial charge on any atom is 0.219 e. The second kappa shape index (κ2) is 11.6. The van der Waals surface area contributed by atoms with Gasteiger partial charge in [-0.1, -0.05) is 0 Å². The molecular formula is C22H28FIN4O3. The molecule has 7 nitrogen and oxygen atoms in total. The largest absolute Gasteiger partial charge is 0.439 e. The smallest absolute Gasteiger partial charge is 0.219 e. The van der Waals surface area contributed by atoms with Crippen LogP contribution in [-0.4, -0.2) is 61.4 Å². The number of aromatic nitrogens is 1. The van der Waals surface area contributed by atoms with Crippen molar-refractivity contribution in [1.82, 2.24) is 15.2 Å². The van der Waals surface area contributed by atoms with Gasteiger partial charge in [-0.25, -0.2) is 9.37 Å². The van der Waals surface area contributed by atoms with E-state index in [1.54, 1.807) is 25.4 Å². The summed E-state index contributed by atoms with van der Waals surface area (Å²) in [5.74, 6) is 1.53. The molecule has 168 valence electrons. The minimum absolute atomic E-state index is 0. The van der Waals surface area contributed by atoms with E-state index in [0.717, 1.165) is 44.1 Å². The van der Waals surface area contributed by atoms with Crippen LogP contribution in [0.1, 0.15) is 18.4 Å². The predicted molar refractivity (Wildman–Crippen MR) is 127 cm³/mol. The molecule has 31 heavy (non-hydrogen) atoms. The molecule has 1 aromatic carbocycles. The second-order valence-corrected chi connectivity index (χ2v) is 7.37. The van der Waals surface area contributed by atoms with Crippen LogP contribution in [0.25, 0.3) is 0 Å². The maximum atomic E-state index is 13.1. The summed E-state index contributed by atoms with van der Waals surface area (Å²) < 4.78 is 30.5. The number of ether oxygens (including phenoxy) is 3. The van der Waals surface area contributed by atoms with Gasteiger partial charge in [0.05, 0.1) is 12.7 Å². The summed E-state index contributed by atoms with van der Waals surface area (Å²) in [7, 11) is 1.79. The molecule has 0 bridgehead atoms. The molecule has 2 aliphatic heterocycles. The van der Waals surface area contributed by atoms with Crippen LogP contribution in [0.3, 0.4) is 0 Å². The molecule has 1 N–H and O–H groups in total. The number of pyridine rings is 1. The SMILES string of the molecule is CN=C(NCc1ccnc(Oc2ccc(F)cc2)c1)N1CCOC(C2CCCO2)C1.I. The van der Waals surface area contributed by atoms with Gasteiger partial charge in [-0.05, 0) is 48.7 Å². The quantitative estimate of drug-likeness (QED) is 0.354. The minimum Gasteiger partial charge on any atom is -0.439 e. The number of rotatable bonds is 5. The molecule has 1 aromatic heterocycles. The van der Waals surface area contributed by atoms with Gasteiger partial charge in [-0.2, -0.15) is 0 Å². The number of hydrogen-bond donors (Lipinski definition) is 1. The zero-order valence-corrected chi connectivity index (χ0v) is 19.8. The molecule has 2 aromatic rings. The van der Waals surface area contributed by atoms with Gasteiger partial charge in [-0.3, -0.25) is 4.99 Å². The summed E-state index contributed by atoms with van der Waals surface area (Å²) in [5.41, 5.74) is 1.01. The van der Waals surface area contributed by atoms with Crippen LogP contribution in [-0.2, 0) is 16.0 Å². The van der Waals surface area contributed by atoms with Crippen LogP contribution in [0.2, 0.25) is 0 Å². The van der Waals surface area contributed by atoms with Crippen molar-refractivity contribution < 1.29 is 18.6 Å². The van der Waals surface area contributed by atoms with E-state index < -0.39 is 0 Å². The van der Waals surface area contributed by atoms with Gasteiger partial charge in [0.2, 0.25) is 5.88 Å². The average molecular weight is 542 g/mol.